The van der Waals surface area contributed by atoms with Crippen LogP contribution < -0.4 is 5.32 Å². The minimum atomic E-state index is 0.0748. The topological polar surface area (TPSA) is 41.6 Å². The van der Waals surface area contributed by atoms with Crippen molar-refractivity contribution in [3.05, 3.63) is 35.9 Å². The van der Waals surface area contributed by atoms with Gasteiger partial charge in [-0.25, -0.2) is 4.79 Å². The summed E-state index contributed by atoms with van der Waals surface area (Å²) >= 11 is 0. The summed E-state index contributed by atoms with van der Waals surface area (Å²) in [4.78, 5) is 14.6. The van der Waals surface area contributed by atoms with Crippen molar-refractivity contribution < 1.29 is 9.53 Å². The molecule has 1 aliphatic carbocycles. The van der Waals surface area contributed by atoms with Crippen LogP contribution in [0.5, 0.6) is 0 Å². The highest BCUT2D eigenvalue weighted by Crippen LogP contribution is 2.32. The molecule has 1 saturated carbocycles. The molecule has 2 atom stereocenters. The molecule has 1 N–H and O–H groups in total. The second-order valence-corrected chi connectivity index (χ2v) is 6.52. The molecule has 0 spiro atoms. The van der Waals surface area contributed by atoms with Crippen molar-refractivity contribution in [1.29, 1.82) is 0 Å². The van der Waals surface area contributed by atoms with E-state index in [1.54, 1.807) is 0 Å². The largest absolute Gasteiger partial charge is 0.379 e. The van der Waals surface area contributed by atoms with E-state index in [1.807, 2.05) is 23.1 Å². The number of carbonyl (C=O) groups is 1. The Balaban J connectivity index is 1.59. The van der Waals surface area contributed by atoms with Crippen LogP contribution >= 0.6 is 0 Å². The maximum Gasteiger partial charge on any atom is 0.317 e. The van der Waals surface area contributed by atoms with Crippen molar-refractivity contribution in [3.63, 3.8) is 0 Å². The van der Waals surface area contributed by atoms with Crippen LogP contribution in [0.4, 0.5) is 4.79 Å². The molecular weight excluding hydrogens is 276 g/mol. The molecule has 4 heteroatoms. The van der Waals surface area contributed by atoms with Gasteiger partial charge >= 0.3 is 6.03 Å². The minimum Gasteiger partial charge on any atom is -0.379 e. The summed E-state index contributed by atoms with van der Waals surface area (Å²) < 4.78 is 5.48. The van der Waals surface area contributed by atoms with Crippen LogP contribution in [0.2, 0.25) is 0 Å². The van der Waals surface area contributed by atoms with E-state index in [1.165, 1.54) is 18.4 Å². The average Bonchev–Trinajstić information content (AvgIpc) is 3.25. The summed E-state index contributed by atoms with van der Waals surface area (Å²) in [5.41, 5.74) is 1.27. The van der Waals surface area contributed by atoms with Gasteiger partial charge in [-0.15, -0.1) is 0 Å². The molecule has 0 aromatic heterocycles. The van der Waals surface area contributed by atoms with E-state index in [2.05, 4.69) is 24.4 Å². The maximum atomic E-state index is 12.7. The molecule has 1 heterocycles. The quantitative estimate of drug-likeness (QED) is 0.878. The normalized spacial score (nSPS) is 22.3. The first-order chi connectivity index (χ1) is 10.7. The summed E-state index contributed by atoms with van der Waals surface area (Å²) in [6, 6.07) is 10.9. The maximum absolute atomic E-state index is 12.7. The fourth-order valence-electron chi connectivity index (χ4n) is 3.10. The molecule has 4 nitrogen and oxygen atoms in total. The van der Waals surface area contributed by atoms with E-state index in [4.69, 9.17) is 4.74 Å². The van der Waals surface area contributed by atoms with Gasteiger partial charge in [-0.3, -0.25) is 0 Å². The van der Waals surface area contributed by atoms with Crippen LogP contribution in [0.15, 0.2) is 30.3 Å². The predicted molar refractivity (Wildman–Crippen MR) is 86.8 cm³/mol. The molecule has 1 aromatic carbocycles. The predicted octanol–water partition coefficient (Wildman–Crippen LogP) is 2.83. The van der Waals surface area contributed by atoms with Crippen LogP contribution in [-0.2, 0) is 11.2 Å². The SMILES string of the molecule is C[C@@H](NC(=O)N(CCc1ccccc1)[C@@H]1CCOC1)C1CC1. The number of hydrogen-bond donors (Lipinski definition) is 1. The van der Waals surface area contributed by atoms with Gasteiger partial charge in [-0.1, -0.05) is 30.3 Å². The van der Waals surface area contributed by atoms with Gasteiger partial charge in [0, 0.05) is 19.2 Å². The summed E-state index contributed by atoms with van der Waals surface area (Å²) in [6.45, 7) is 4.30. The number of nitrogens with zero attached hydrogens (tertiary/aromatic N) is 1. The zero-order valence-corrected chi connectivity index (χ0v) is 13.3. The highest BCUT2D eigenvalue weighted by molar-refractivity contribution is 5.75. The van der Waals surface area contributed by atoms with Gasteiger partial charge in [-0.05, 0) is 44.1 Å². The molecule has 22 heavy (non-hydrogen) atoms. The third kappa shape index (κ3) is 4.01. The summed E-state index contributed by atoms with van der Waals surface area (Å²) in [7, 11) is 0. The Hall–Kier alpha value is -1.55. The third-order valence-corrected chi connectivity index (χ3v) is 4.77. The van der Waals surface area contributed by atoms with E-state index in [0.29, 0.717) is 12.5 Å². The average molecular weight is 302 g/mol. The van der Waals surface area contributed by atoms with Gasteiger partial charge < -0.3 is 15.0 Å². The Morgan fingerprint density at radius 2 is 2.09 bits per heavy atom. The van der Waals surface area contributed by atoms with Crippen molar-refractivity contribution >= 4 is 6.03 Å². The number of ether oxygens (including phenoxy) is 1. The number of benzene rings is 1. The molecular formula is C18H26N2O2. The fraction of sp³-hybridized carbons (Fsp3) is 0.611. The van der Waals surface area contributed by atoms with E-state index >= 15 is 0 Å². The summed E-state index contributed by atoms with van der Waals surface area (Å²) in [5.74, 6) is 0.680. The number of carbonyl (C=O) groups excluding carboxylic acids is 1. The Morgan fingerprint density at radius 3 is 2.73 bits per heavy atom. The molecule has 2 aliphatic rings. The molecule has 2 fully saturated rings. The first-order valence-corrected chi connectivity index (χ1v) is 8.43. The van der Waals surface area contributed by atoms with Crippen molar-refractivity contribution in [2.75, 3.05) is 19.8 Å². The molecule has 0 bridgehead atoms. The van der Waals surface area contributed by atoms with Gasteiger partial charge in [0.2, 0.25) is 0 Å². The van der Waals surface area contributed by atoms with Crippen LogP contribution in [0, 0.1) is 5.92 Å². The Morgan fingerprint density at radius 1 is 1.32 bits per heavy atom. The first-order valence-electron chi connectivity index (χ1n) is 8.43. The molecule has 2 amide bonds. The van der Waals surface area contributed by atoms with E-state index in [-0.39, 0.29) is 18.1 Å². The van der Waals surface area contributed by atoms with Gasteiger partial charge in [-0.2, -0.15) is 0 Å². The van der Waals surface area contributed by atoms with Gasteiger partial charge in [0.15, 0.2) is 0 Å². The molecule has 0 radical (unpaired) electrons. The molecule has 3 rings (SSSR count). The molecule has 1 aromatic rings. The highest BCUT2D eigenvalue weighted by Gasteiger charge is 2.32. The number of nitrogens with one attached hydrogen (secondary N) is 1. The standard InChI is InChI=1S/C18H26N2O2/c1-14(16-7-8-16)19-18(21)20(17-10-12-22-13-17)11-9-15-5-3-2-4-6-15/h2-6,14,16-17H,7-13H2,1H3,(H,19,21)/t14-,17-/m1/s1. The smallest absolute Gasteiger partial charge is 0.317 e. The lowest BCUT2D eigenvalue weighted by Crippen LogP contribution is -2.50. The van der Waals surface area contributed by atoms with Crippen LogP contribution in [0.25, 0.3) is 0 Å². The molecule has 120 valence electrons. The first kappa shape index (κ1) is 15.3. The van der Waals surface area contributed by atoms with E-state index in [9.17, 15) is 4.79 Å². The Bertz CT molecular complexity index is 481. The number of amides is 2. The van der Waals surface area contributed by atoms with Crippen LogP contribution in [0.3, 0.4) is 0 Å². The van der Waals surface area contributed by atoms with E-state index < -0.39 is 0 Å². The Labute approximate surface area is 132 Å². The van der Waals surface area contributed by atoms with Crippen LogP contribution in [-0.4, -0.2) is 42.8 Å². The van der Waals surface area contributed by atoms with Gasteiger partial charge in [0.1, 0.15) is 0 Å². The Kier molecular flexibility index (Phi) is 4.98. The number of hydrogen-bond acceptors (Lipinski definition) is 2. The summed E-state index contributed by atoms with van der Waals surface area (Å²) in [5, 5.41) is 3.19. The molecule has 1 aliphatic heterocycles. The van der Waals surface area contributed by atoms with Gasteiger partial charge in [0.25, 0.3) is 0 Å². The lowest BCUT2D eigenvalue weighted by molar-refractivity contribution is 0.145. The zero-order chi connectivity index (χ0) is 15.4. The fourth-order valence-corrected chi connectivity index (χ4v) is 3.10. The van der Waals surface area contributed by atoms with Crippen molar-refractivity contribution in [1.82, 2.24) is 10.2 Å². The second kappa shape index (κ2) is 7.14. The molecule has 1 saturated heterocycles. The van der Waals surface area contributed by atoms with Gasteiger partial charge in [0.05, 0.1) is 12.6 Å². The monoisotopic (exact) mass is 302 g/mol. The lowest BCUT2D eigenvalue weighted by Gasteiger charge is -2.30. The van der Waals surface area contributed by atoms with Crippen molar-refractivity contribution in [2.24, 2.45) is 5.92 Å². The second-order valence-electron chi connectivity index (χ2n) is 6.52. The lowest BCUT2D eigenvalue weighted by atomic mass is 10.1. The molecule has 0 unspecified atom stereocenters. The van der Waals surface area contributed by atoms with Crippen molar-refractivity contribution in [3.8, 4) is 0 Å². The highest BCUT2D eigenvalue weighted by atomic mass is 16.5. The van der Waals surface area contributed by atoms with E-state index in [0.717, 1.165) is 26.0 Å². The van der Waals surface area contributed by atoms with Crippen LogP contribution in [0.1, 0.15) is 31.7 Å². The summed E-state index contributed by atoms with van der Waals surface area (Å²) in [6.07, 6.45) is 4.33. The zero-order valence-electron chi connectivity index (χ0n) is 13.3. The third-order valence-electron chi connectivity index (χ3n) is 4.77. The number of urea groups is 1. The van der Waals surface area contributed by atoms with Crippen molar-refractivity contribution in [2.45, 2.75) is 44.7 Å². The minimum absolute atomic E-state index is 0.0748. The number of rotatable bonds is 6.